The van der Waals surface area contributed by atoms with E-state index in [2.05, 4.69) is 10.3 Å². The van der Waals surface area contributed by atoms with Crippen LogP contribution in [0.2, 0.25) is 0 Å². The number of esters is 1. The minimum atomic E-state index is -0.514. The van der Waals surface area contributed by atoms with Gasteiger partial charge in [-0.15, -0.1) is 0 Å². The Balaban J connectivity index is 2.96. The van der Waals surface area contributed by atoms with E-state index in [1.165, 1.54) is 6.92 Å². The molecule has 19 heavy (non-hydrogen) atoms. The summed E-state index contributed by atoms with van der Waals surface area (Å²) in [6.45, 7) is 8.55. The van der Waals surface area contributed by atoms with Crippen molar-refractivity contribution in [1.29, 1.82) is 0 Å². The topological polar surface area (TPSA) is 68.3 Å². The summed E-state index contributed by atoms with van der Waals surface area (Å²) < 4.78 is 5.11. The highest BCUT2D eigenvalue weighted by atomic mass is 16.5. The van der Waals surface area contributed by atoms with Gasteiger partial charge in [0.25, 0.3) is 0 Å². The first-order valence-electron chi connectivity index (χ1n) is 6.15. The third-order valence-electron chi connectivity index (χ3n) is 2.53. The van der Waals surface area contributed by atoms with Crippen LogP contribution in [0, 0.1) is 5.41 Å². The minimum Gasteiger partial charge on any atom is -0.458 e. The highest BCUT2D eigenvalue weighted by molar-refractivity contribution is 5.94. The highest BCUT2D eigenvalue weighted by Gasteiger charge is 2.23. The fourth-order valence-corrected chi connectivity index (χ4v) is 1.46. The predicted octanol–water partition coefficient (Wildman–Crippen LogP) is 2.69. The number of aromatic nitrogens is 1. The second-order valence-electron chi connectivity index (χ2n) is 5.40. The van der Waals surface area contributed by atoms with E-state index in [0.717, 1.165) is 0 Å². The van der Waals surface area contributed by atoms with Gasteiger partial charge in [0.2, 0.25) is 5.91 Å². The Labute approximate surface area is 113 Å². The van der Waals surface area contributed by atoms with Crippen molar-refractivity contribution in [2.75, 3.05) is 5.32 Å². The van der Waals surface area contributed by atoms with E-state index < -0.39 is 11.5 Å². The summed E-state index contributed by atoms with van der Waals surface area (Å²) in [5.74, 6) is -0.0805. The first-order chi connectivity index (χ1) is 8.71. The van der Waals surface area contributed by atoms with Gasteiger partial charge in [0.05, 0.1) is 0 Å². The fraction of sp³-hybridized carbons (Fsp3) is 0.500. The van der Waals surface area contributed by atoms with E-state index in [1.54, 1.807) is 25.3 Å². The molecule has 104 valence electrons. The summed E-state index contributed by atoms with van der Waals surface area (Å²) in [5, 5.41) is 2.76. The summed E-state index contributed by atoms with van der Waals surface area (Å²) in [7, 11) is 0. The Morgan fingerprint density at radius 1 is 1.37 bits per heavy atom. The van der Waals surface area contributed by atoms with Crippen LogP contribution in [0.3, 0.4) is 0 Å². The molecule has 0 radical (unpaired) electrons. The molecule has 1 unspecified atom stereocenters. The molecule has 1 atom stereocenters. The molecule has 1 N–H and O–H groups in total. The molecule has 0 spiro atoms. The SMILES string of the molecule is CC(=O)OC(C)c1cccnc1NC(=O)C(C)(C)C. The zero-order chi connectivity index (χ0) is 14.6. The van der Waals surface area contributed by atoms with Crippen molar-refractivity contribution in [1.82, 2.24) is 4.98 Å². The van der Waals surface area contributed by atoms with Crippen LogP contribution in [-0.4, -0.2) is 16.9 Å². The summed E-state index contributed by atoms with van der Waals surface area (Å²) in [6.07, 6.45) is 1.13. The van der Waals surface area contributed by atoms with Crippen LogP contribution in [0.5, 0.6) is 0 Å². The molecule has 0 bridgehead atoms. The van der Waals surface area contributed by atoms with Gasteiger partial charge >= 0.3 is 5.97 Å². The Bertz CT molecular complexity index is 478. The molecule has 0 aliphatic carbocycles. The molecule has 5 nitrogen and oxygen atoms in total. The molecular formula is C14H20N2O3. The number of hydrogen-bond donors (Lipinski definition) is 1. The van der Waals surface area contributed by atoms with Gasteiger partial charge in [-0.05, 0) is 13.0 Å². The molecule has 0 saturated heterocycles. The average Bonchev–Trinajstić information content (AvgIpc) is 2.27. The van der Waals surface area contributed by atoms with E-state index in [9.17, 15) is 9.59 Å². The minimum absolute atomic E-state index is 0.137. The van der Waals surface area contributed by atoms with E-state index in [1.807, 2.05) is 20.8 Å². The van der Waals surface area contributed by atoms with Crippen LogP contribution in [0.25, 0.3) is 0 Å². The number of amides is 1. The van der Waals surface area contributed by atoms with Gasteiger partial charge in [-0.2, -0.15) is 0 Å². The van der Waals surface area contributed by atoms with Crippen molar-refractivity contribution < 1.29 is 14.3 Å². The van der Waals surface area contributed by atoms with Crippen LogP contribution in [-0.2, 0) is 14.3 Å². The number of anilines is 1. The van der Waals surface area contributed by atoms with Gasteiger partial charge < -0.3 is 10.1 Å². The molecule has 0 fully saturated rings. The van der Waals surface area contributed by atoms with E-state index in [4.69, 9.17) is 4.74 Å². The van der Waals surface area contributed by atoms with Crippen molar-refractivity contribution in [3.8, 4) is 0 Å². The summed E-state index contributed by atoms with van der Waals surface area (Å²) in [6, 6.07) is 3.51. The smallest absolute Gasteiger partial charge is 0.303 e. The first kappa shape index (κ1) is 15.1. The molecule has 1 heterocycles. The first-order valence-corrected chi connectivity index (χ1v) is 6.15. The molecule has 0 saturated carbocycles. The molecule has 0 aliphatic heterocycles. The van der Waals surface area contributed by atoms with Crippen LogP contribution < -0.4 is 5.32 Å². The molecule has 1 aromatic heterocycles. The zero-order valence-electron chi connectivity index (χ0n) is 12.0. The second-order valence-corrected chi connectivity index (χ2v) is 5.40. The Hall–Kier alpha value is -1.91. The number of pyridine rings is 1. The predicted molar refractivity (Wildman–Crippen MR) is 72.5 cm³/mol. The molecule has 1 aromatic rings. The molecule has 1 rings (SSSR count). The van der Waals surface area contributed by atoms with Gasteiger partial charge in [0, 0.05) is 24.1 Å². The third-order valence-corrected chi connectivity index (χ3v) is 2.53. The van der Waals surface area contributed by atoms with Crippen molar-refractivity contribution in [3.63, 3.8) is 0 Å². The molecule has 0 aliphatic rings. The lowest BCUT2D eigenvalue weighted by atomic mass is 9.95. The third kappa shape index (κ3) is 4.35. The van der Waals surface area contributed by atoms with Crippen molar-refractivity contribution in [3.05, 3.63) is 23.9 Å². The number of rotatable bonds is 3. The quantitative estimate of drug-likeness (QED) is 0.852. The van der Waals surface area contributed by atoms with Crippen LogP contribution in [0.1, 0.15) is 46.3 Å². The van der Waals surface area contributed by atoms with E-state index in [-0.39, 0.29) is 11.9 Å². The number of carbonyl (C=O) groups is 2. The number of carbonyl (C=O) groups excluding carboxylic acids is 2. The van der Waals surface area contributed by atoms with E-state index in [0.29, 0.717) is 11.4 Å². The summed E-state index contributed by atoms with van der Waals surface area (Å²) >= 11 is 0. The monoisotopic (exact) mass is 264 g/mol. The lowest BCUT2D eigenvalue weighted by Crippen LogP contribution is -2.28. The second kappa shape index (κ2) is 5.82. The van der Waals surface area contributed by atoms with Crippen molar-refractivity contribution >= 4 is 17.7 Å². The maximum Gasteiger partial charge on any atom is 0.303 e. The summed E-state index contributed by atoms with van der Waals surface area (Å²) in [5.41, 5.74) is 0.162. The normalized spacial score (nSPS) is 12.7. The largest absolute Gasteiger partial charge is 0.458 e. The molecular weight excluding hydrogens is 244 g/mol. The number of hydrogen-bond acceptors (Lipinski definition) is 4. The van der Waals surface area contributed by atoms with E-state index >= 15 is 0 Å². The van der Waals surface area contributed by atoms with Crippen LogP contribution in [0.15, 0.2) is 18.3 Å². The highest BCUT2D eigenvalue weighted by Crippen LogP contribution is 2.25. The molecule has 5 heteroatoms. The van der Waals surface area contributed by atoms with Gasteiger partial charge in [0.15, 0.2) is 0 Å². The fourth-order valence-electron chi connectivity index (χ4n) is 1.46. The Kier molecular flexibility index (Phi) is 4.64. The van der Waals surface area contributed by atoms with Crippen molar-refractivity contribution in [2.45, 2.75) is 40.7 Å². The van der Waals surface area contributed by atoms with Gasteiger partial charge in [-0.1, -0.05) is 26.8 Å². The molecule has 0 aromatic carbocycles. The van der Waals surface area contributed by atoms with Crippen molar-refractivity contribution in [2.24, 2.45) is 5.41 Å². The Morgan fingerprint density at radius 3 is 2.53 bits per heavy atom. The maximum absolute atomic E-state index is 12.0. The Morgan fingerprint density at radius 2 is 2.00 bits per heavy atom. The summed E-state index contributed by atoms with van der Waals surface area (Å²) in [4.78, 5) is 27.1. The number of ether oxygens (including phenoxy) is 1. The number of nitrogens with one attached hydrogen (secondary N) is 1. The van der Waals surface area contributed by atoms with Gasteiger partial charge in [-0.3, -0.25) is 9.59 Å². The molecule has 1 amide bonds. The average molecular weight is 264 g/mol. The lowest BCUT2D eigenvalue weighted by molar-refractivity contribution is -0.145. The number of nitrogens with zero attached hydrogens (tertiary/aromatic N) is 1. The van der Waals surface area contributed by atoms with Gasteiger partial charge in [-0.25, -0.2) is 4.98 Å². The maximum atomic E-state index is 12.0. The lowest BCUT2D eigenvalue weighted by Gasteiger charge is -2.20. The zero-order valence-corrected chi connectivity index (χ0v) is 12.0. The van der Waals surface area contributed by atoms with Crippen LogP contribution >= 0.6 is 0 Å². The standard InChI is InChI=1S/C14H20N2O3/c1-9(19-10(2)17)11-7-6-8-15-12(11)16-13(18)14(3,4)5/h6-9H,1-5H3,(H,15,16,18). The van der Waals surface area contributed by atoms with Crippen LogP contribution in [0.4, 0.5) is 5.82 Å². The van der Waals surface area contributed by atoms with Gasteiger partial charge in [0.1, 0.15) is 11.9 Å².